The average Bonchev–Trinajstić information content (AvgIpc) is 2.46. The maximum Gasteiger partial charge on any atom is 0.329 e. The van der Waals surface area contributed by atoms with E-state index in [1.165, 1.54) is 6.92 Å². The molecule has 2 unspecified atom stereocenters. The highest BCUT2D eigenvalue weighted by Gasteiger charge is 2.47. The maximum atomic E-state index is 12.7. The Labute approximate surface area is 128 Å². The molecule has 2 aliphatic heterocycles. The van der Waals surface area contributed by atoms with Crippen LogP contribution in [0.1, 0.15) is 33.6 Å². The first-order valence-electron chi connectivity index (χ1n) is 7.05. The Morgan fingerprint density at radius 2 is 2.18 bits per heavy atom. The van der Waals surface area contributed by atoms with Crippen molar-refractivity contribution in [3.05, 3.63) is 24.4 Å². The summed E-state index contributed by atoms with van der Waals surface area (Å²) >= 11 is 0. The summed E-state index contributed by atoms with van der Waals surface area (Å²) in [5, 5.41) is 11.9. The molecule has 2 rings (SSSR count). The van der Waals surface area contributed by atoms with E-state index in [1.54, 1.807) is 43.2 Å². The van der Waals surface area contributed by atoms with Gasteiger partial charge in [-0.05, 0) is 32.4 Å². The van der Waals surface area contributed by atoms with Crippen LogP contribution >= 0.6 is 0 Å². The van der Waals surface area contributed by atoms with Gasteiger partial charge in [0.1, 0.15) is 16.9 Å². The summed E-state index contributed by atoms with van der Waals surface area (Å²) in [5.74, 6) is -1.65. The largest absolute Gasteiger partial charge is 0.480 e. The zero-order valence-corrected chi connectivity index (χ0v) is 12.8. The van der Waals surface area contributed by atoms with Crippen molar-refractivity contribution >= 4 is 23.6 Å². The van der Waals surface area contributed by atoms with Gasteiger partial charge in [-0.25, -0.2) is 4.79 Å². The van der Waals surface area contributed by atoms with Crippen LogP contribution in [-0.2, 0) is 14.4 Å². The second-order valence-electron chi connectivity index (χ2n) is 5.83. The van der Waals surface area contributed by atoms with Crippen LogP contribution < -0.4 is 5.32 Å². The summed E-state index contributed by atoms with van der Waals surface area (Å²) in [6, 6.07) is 0. The number of carboxylic acids is 1. The number of nitrogens with one attached hydrogen (secondary N) is 1. The van der Waals surface area contributed by atoms with Crippen LogP contribution in [0.25, 0.3) is 0 Å². The molecule has 0 aromatic heterocycles. The number of aliphatic carboxylic acids is 1. The van der Waals surface area contributed by atoms with Gasteiger partial charge in [0, 0.05) is 6.20 Å². The molecule has 0 saturated carbocycles. The fourth-order valence-corrected chi connectivity index (χ4v) is 2.36. The number of hydrogen-bond acceptors (Lipinski definition) is 4. The van der Waals surface area contributed by atoms with Crippen LogP contribution in [0, 0.1) is 0 Å². The van der Waals surface area contributed by atoms with Gasteiger partial charge in [0.2, 0.25) is 5.91 Å². The molecule has 118 valence electrons. The number of carboxylic acid groups (broad SMARTS) is 1. The molecule has 0 aliphatic carbocycles. The predicted octanol–water partition coefficient (Wildman–Crippen LogP) is 0.829. The van der Waals surface area contributed by atoms with E-state index in [4.69, 9.17) is 0 Å². The van der Waals surface area contributed by atoms with Crippen LogP contribution in [0.3, 0.4) is 0 Å². The lowest BCUT2D eigenvalue weighted by atomic mass is 9.89. The third-order valence-electron chi connectivity index (χ3n) is 4.16. The maximum absolute atomic E-state index is 12.7. The molecule has 0 spiro atoms. The van der Waals surface area contributed by atoms with E-state index in [2.05, 4.69) is 10.3 Å². The Bertz CT molecular complexity index is 622. The van der Waals surface area contributed by atoms with Crippen molar-refractivity contribution in [2.24, 2.45) is 4.99 Å². The Hall–Kier alpha value is -2.44. The molecular weight excluding hydrogens is 286 g/mol. The summed E-state index contributed by atoms with van der Waals surface area (Å²) in [6.07, 6.45) is 6.87. The number of allylic oxidation sites excluding steroid dienone is 2. The molecule has 0 aromatic rings. The first kappa shape index (κ1) is 15.9. The van der Waals surface area contributed by atoms with Gasteiger partial charge in [-0.15, -0.1) is 0 Å². The molecule has 2 heterocycles. The normalized spacial score (nSPS) is 26.0. The summed E-state index contributed by atoms with van der Waals surface area (Å²) < 4.78 is 0. The molecule has 2 aliphatic rings. The fraction of sp³-hybridized carbons (Fsp3) is 0.467. The Morgan fingerprint density at radius 3 is 2.77 bits per heavy atom. The molecule has 22 heavy (non-hydrogen) atoms. The first-order chi connectivity index (χ1) is 10.2. The lowest BCUT2D eigenvalue weighted by Crippen LogP contribution is -2.64. The highest BCUT2D eigenvalue weighted by Crippen LogP contribution is 2.29. The van der Waals surface area contributed by atoms with Gasteiger partial charge in [0.05, 0.1) is 6.42 Å². The van der Waals surface area contributed by atoms with E-state index < -0.39 is 28.9 Å². The predicted molar refractivity (Wildman–Crippen MR) is 80.1 cm³/mol. The summed E-state index contributed by atoms with van der Waals surface area (Å²) in [7, 11) is 0. The van der Waals surface area contributed by atoms with Crippen LogP contribution in [0.5, 0.6) is 0 Å². The topological polar surface area (TPSA) is 99.1 Å². The fourth-order valence-electron chi connectivity index (χ4n) is 2.36. The first-order valence-corrected chi connectivity index (χ1v) is 7.05. The minimum Gasteiger partial charge on any atom is -0.480 e. The van der Waals surface area contributed by atoms with Crippen molar-refractivity contribution in [1.82, 2.24) is 10.2 Å². The van der Waals surface area contributed by atoms with Gasteiger partial charge in [0.25, 0.3) is 5.91 Å². The Balaban J connectivity index is 2.33. The number of amides is 2. The number of carbonyl (C=O) groups excluding carboxylic acids is 2. The zero-order chi connectivity index (χ0) is 16.5. The molecule has 0 saturated heterocycles. The van der Waals surface area contributed by atoms with Gasteiger partial charge in [-0.3, -0.25) is 9.59 Å². The van der Waals surface area contributed by atoms with Gasteiger partial charge in [0.15, 0.2) is 0 Å². The molecule has 2 amide bonds. The zero-order valence-electron chi connectivity index (χ0n) is 12.8. The van der Waals surface area contributed by atoms with Crippen molar-refractivity contribution in [3.8, 4) is 0 Å². The molecule has 7 nitrogen and oxygen atoms in total. The minimum absolute atomic E-state index is 0.111. The molecular formula is C15H19N3O4. The van der Waals surface area contributed by atoms with Crippen molar-refractivity contribution in [3.63, 3.8) is 0 Å². The van der Waals surface area contributed by atoms with Crippen molar-refractivity contribution in [2.75, 3.05) is 0 Å². The number of aliphatic imine (C=N–C) groups is 1. The van der Waals surface area contributed by atoms with E-state index in [0.717, 1.165) is 0 Å². The number of fused-ring (bicyclic) bond motifs is 1. The summed E-state index contributed by atoms with van der Waals surface area (Å²) in [6.45, 7) is 4.73. The molecule has 0 radical (unpaired) electrons. The second kappa shape index (κ2) is 5.40. The lowest BCUT2D eigenvalue weighted by Gasteiger charge is -2.43. The smallest absolute Gasteiger partial charge is 0.329 e. The summed E-state index contributed by atoms with van der Waals surface area (Å²) in [4.78, 5) is 41.4. The van der Waals surface area contributed by atoms with Gasteiger partial charge < -0.3 is 15.3 Å². The van der Waals surface area contributed by atoms with E-state index in [-0.39, 0.29) is 12.8 Å². The number of carbonyl (C=O) groups is 3. The van der Waals surface area contributed by atoms with Crippen LogP contribution in [0.15, 0.2) is 29.4 Å². The lowest BCUT2D eigenvalue weighted by molar-refractivity contribution is -0.149. The SMILES string of the molecule is CCC(C)(NC(=O)C1(C)CC(=O)N=C2C=CC=CN21)C(=O)O. The minimum atomic E-state index is -1.38. The monoisotopic (exact) mass is 305 g/mol. The molecule has 7 heteroatoms. The van der Waals surface area contributed by atoms with Gasteiger partial charge in [-0.1, -0.05) is 13.0 Å². The van der Waals surface area contributed by atoms with E-state index in [0.29, 0.717) is 5.84 Å². The Morgan fingerprint density at radius 1 is 1.50 bits per heavy atom. The van der Waals surface area contributed by atoms with Crippen LogP contribution in [0.2, 0.25) is 0 Å². The summed E-state index contributed by atoms with van der Waals surface area (Å²) in [5.41, 5.74) is -2.59. The average molecular weight is 305 g/mol. The van der Waals surface area contributed by atoms with E-state index in [9.17, 15) is 19.5 Å². The third-order valence-corrected chi connectivity index (χ3v) is 4.16. The molecule has 2 N–H and O–H groups in total. The standard InChI is InChI=1S/C15H19N3O4/c1-4-14(2,13(21)22)17-12(20)15(3)9-11(19)16-10-7-5-6-8-18(10)15/h5-8H,4,9H2,1-3H3,(H,17,20)(H,21,22). The molecule has 0 fully saturated rings. The molecule has 0 bridgehead atoms. The second-order valence-corrected chi connectivity index (χ2v) is 5.83. The van der Waals surface area contributed by atoms with Crippen molar-refractivity contribution < 1.29 is 19.5 Å². The van der Waals surface area contributed by atoms with E-state index >= 15 is 0 Å². The van der Waals surface area contributed by atoms with E-state index in [1.807, 2.05) is 0 Å². The Kier molecular flexibility index (Phi) is 3.91. The van der Waals surface area contributed by atoms with Crippen LogP contribution in [-0.4, -0.2) is 44.7 Å². The molecule has 2 atom stereocenters. The number of nitrogens with zero attached hydrogens (tertiary/aromatic N) is 2. The highest BCUT2D eigenvalue weighted by molar-refractivity contribution is 6.10. The quantitative estimate of drug-likeness (QED) is 0.801. The highest BCUT2D eigenvalue weighted by atomic mass is 16.4. The van der Waals surface area contributed by atoms with Crippen molar-refractivity contribution in [1.29, 1.82) is 0 Å². The number of amidine groups is 1. The van der Waals surface area contributed by atoms with Crippen LogP contribution in [0.4, 0.5) is 0 Å². The third kappa shape index (κ3) is 2.54. The molecule has 0 aromatic carbocycles. The van der Waals surface area contributed by atoms with Gasteiger partial charge in [-0.2, -0.15) is 4.99 Å². The number of rotatable bonds is 4. The van der Waals surface area contributed by atoms with Crippen molar-refractivity contribution in [2.45, 2.75) is 44.7 Å². The van der Waals surface area contributed by atoms with Gasteiger partial charge >= 0.3 is 5.97 Å². The number of hydrogen-bond donors (Lipinski definition) is 2.